The maximum Gasteiger partial charge on any atom is 0.125 e. The number of aldehydes is 1. The van der Waals surface area contributed by atoms with Crippen LogP contribution in [0.4, 0.5) is 0 Å². The normalized spacial score (nSPS) is 10.6. The highest BCUT2D eigenvalue weighted by Gasteiger charge is 2.13. The average molecular weight is 220 g/mol. The molecule has 0 saturated heterocycles. The molecule has 2 nitrogen and oxygen atoms in total. The van der Waals surface area contributed by atoms with E-state index in [2.05, 4.69) is 32.9 Å². The van der Waals surface area contributed by atoms with Gasteiger partial charge >= 0.3 is 0 Å². The van der Waals surface area contributed by atoms with Crippen molar-refractivity contribution in [2.45, 2.75) is 39.5 Å². The summed E-state index contributed by atoms with van der Waals surface area (Å²) in [6, 6.07) is 4.22. The van der Waals surface area contributed by atoms with Gasteiger partial charge in [-0.1, -0.05) is 26.0 Å². The summed E-state index contributed by atoms with van der Waals surface area (Å²) in [5, 5.41) is 0. The molecule has 0 fully saturated rings. The molecule has 1 aromatic rings. The third-order valence-corrected chi connectivity index (χ3v) is 2.86. The first-order valence-electron chi connectivity index (χ1n) is 5.71. The maximum atomic E-state index is 10.5. The summed E-state index contributed by atoms with van der Waals surface area (Å²) in [7, 11) is 1.70. The molecule has 0 amide bonds. The summed E-state index contributed by atoms with van der Waals surface area (Å²) >= 11 is 0. The first-order valence-corrected chi connectivity index (χ1v) is 5.71. The van der Waals surface area contributed by atoms with E-state index < -0.39 is 0 Å². The van der Waals surface area contributed by atoms with Gasteiger partial charge in [0.25, 0.3) is 0 Å². The van der Waals surface area contributed by atoms with Gasteiger partial charge < -0.3 is 9.53 Å². The van der Waals surface area contributed by atoms with Crippen molar-refractivity contribution in [1.29, 1.82) is 0 Å². The van der Waals surface area contributed by atoms with Crippen LogP contribution in [-0.2, 0) is 11.2 Å². The van der Waals surface area contributed by atoms with E-state index in [1.165, 1.54) is 16.7 Å². The Balaban J connectivity index is 3.20. The van der Waals surface area contributed by atoms with Crippen LogP contribution in [0.5, 0.6) is 5.75 Å². The van der Waals surface area contributed by atoms with Gasteiger partial charge in [-0.3, -0.25) is 0 Å². The Hall–Kier alpha value is -1.31. The number of carbonyl (C=O) groups excluding carboxylic acids is 1. The minimum Gasteiger partial charge on any atom is -0.496 e. The molecular formula is C14H20O2. The summed E-state index contributed by atoms with van der Waals surface area (Å²) in [6.07, 6.45) is 2.28. The van der Waals surface area contributed by atoms with Gasteiger partial charge in [-0.25, -0.2) is 0 Å². The third-order valence-electron chi connectivity index (χ3n) is 2.86. The first-order chi connectivity index (χ1) is 7.61. The lowest BCUT2D eigenvalue weighted by atomic mass is 9.94. The number of methoxy groups -OCH3 is 1. The number of hydrogen-bond acceptors (Lipinski definition) is 2. The Morgan fingerprint density at radius 1 is 1.38 bits per heavy atom. The third kappa shape index (κ3) is 2.63. The molecule has 0 bridgehead atoms. The molecule has 0 aliphatic heterocycles. The van der Waals surface area contributed by atoms with Crippen molar-refractivity contribution in [2.24, 2.45) is 0 Å². The van der Waals surface area contributed by atoms with E-state index in [9.17, 15) is 4.79 Å². The topological polar surface area (TPSA) is 26.3 Å². The Labute approximate surface area is 97.6 Å². The van der Waals surface area contributed by atoms with Crippen molar-refractivity contribution in [3.05, 3.63) is 28.8 Å². The van der Waals surface area contributed by atoms with Crippen LogP contribution in [0.15, 0.2) is 12.1 Å². The van der Waals surface area contributed by atoms with E-state index in [1.807, 2.05) is 0 Å². The highest BCUT2D eigenvalue weighted by atomic mass is 16.5. The van der Waals surface area contributed by atoms with Gasteiger partial charge in [0.05, 0.1) is 7.11 Å². The highest BCUT2D eigenvalue weighted by Crippen LogP contribution is 2.32. The summed E-state index contributed by atoms with van der Waals surface area (Å²) in [6.45, 7) is 6.36. The van der Waals surface area contributed by atoms with Crippen LogP contribution in [0.2, 0.25) is 0 Å². The number of aryl methyl sites for hydroxylation is 1. The largest absolute Gasteiger partial charge is 0.496 e. The van der Waals surface area contributed by atoms with Crippen molar-refractivity contribution >= 4 is 6.29 Å². The number of rotatable bonds is 5. The van der Waals surface area contributed by atoms with Gasteiger partial charge in [0.15, 0.2) is 0 Å². The smallest absolute Gasteiger partial charge is 0.125 e. The molecule has 1 aromatic carbocycles. The number of carbonyl (C=O) groups is 1. The van der Waals surface area contributed by atoms with E-state index in [4.69, 9.17) is 4.74 Å². The molecule has 0 atom stereocenters. The Morgan fingerprint density at radius 3 is 2.56 bits per heavy atom. The maximum absolute atomic E-state index is 10.5. The summed E-state index contributed by atoms with van der Waals surface area (Å²) in [5.74, 6) is 1.39. The molecule has 0 unspecified atom stereocenters. The first kappa shape index (κ1) is 12.8. The Morgan fingerprint density at radius 2 is 2.06 bits per heavy atom. The molecule has 0 aliphatic rings. The van der Waals surface area contributed by atoms with Crippen LogP contribution in [-0.4, -0.2) is 13.4 Å². The second-order valence-corrected chi connectivity index (χ2v) is 4.34. The number of hydrogen-bond donors (Lipinski definition) is 0. The van der Waals surface area contributed by atoms with Crippen LogP contribution in [0.1, 0.15) is 42.9 Å². The number of benzene rings is 1. The molecule has 88 valence electrons. The molecule has 0 aliphatic carbocycles. The van der Waals surface area contributed by atoms with Gasteiger partial charge in [0.2, 0.25) is 0 Å². The SMILES string of the molecule is COc1c(C(C)C)ccc(C)c1CCC=O. The minimum atomic E-state index is 0.436. The lowest BCUT2D eigenvalue weighted by molar-refractivity contribution is -0.107. The standard InChI is InChI=1S/C14H20O2/c1-10(2)12-8-7-11(3)13(6-5-9-15)14(12)16-4/h7-10H,5-6H2,1-4H3. The van der Waals surface area contributed by atoms with E-state index in [0.29, 0.717) is 12.3 Å². The molecule has 0 radical (unpaired) electrons. The van der Waals surface area contributed by atoms with Gasteiger partial charge in [-0.15, -0.1) is 0 Å². The van der Waals surface area contributed by atoms with Crippen molar-refractivity contribution < 1.29 is 9.53 Å². The second-order valence-electron chi connectivity index (χ2n) is 4.34. The van der Waals surface area contributed by atoms with E-state index in [0.717, 1.165) is 18.5 Å². The van der Waals surface area contributed by atoms with Crippen molar-refractivity contribution in [3.63, 3.8) is 0 Å². The predicted octanol–water partition coefficient (Wildman–Crippen LogP) is 3.26. The lowest BCUT2D eigenvalue weighted by Crippen LogP contribution is -2.02. The van der Waals surface area contributed by atoms with Crippen LogP contribution >= 0.6 is 0 Å². The lowest BCUT2D eigenvalue weighted by Gasteiger charge is -2.17. The molecule has 0 spiro atoms. The average Bonchev–Trinajstić information content (AvgIpc) is 2.26. The van der Waals surface area contributed by atoms with Crippen LogP contribution in [0, 0.1) is 6.92 Å². The Kier molecular flexibility index (Phi) is 4.53. The monoisotopic (exact) mass is 220 g/mol. The quantitative estimate of drug-likeness (QED) is 0.712. The zero-order valence-electron chi connectivity index (χ0n) is 10.5. The molecule has 0 N–H and O–H groups in total. The zero-order chi connectivity index (χ0) is 12.1. The minimum absolute atomic E-state index is 0.436. The Bertz CT molecular complexity index is 367. The van der Waals surface area contributed by atoms with Crippen molar-refractivity contribution in [2.75, 3.05) is 7.11 Å². The second kappa shape index (κ2) is 5.69. The molecule has 2 heteroatoms. The highest BCUT2D eigenvalue weighted by molar-refractivity contribution is 5.53. The van der Waals surface area contributed by atoms with Crippen LogP contribution < -0.4 is 4.74 Å². The fourth-order valence-corrected chi connectivity index (χ4v) is 1.95. The predicted molar refractivity (Wildman–Crippen MR) is 66.2 cm³/mol. The molecule has 1 rings (SSSR count). The van der Waals surface area contributed by atoms with Crippen LogP contribution in [0.25, 0.3) is 0 Å². The molecule has 0 aromatic heterocycles. The molecule has 16 heavy (non-hydrogen) atoms. The van der Waals surface area contributed by atoms with E-state index in [1.54, 1.807) is 7.11 Å². The molecular weight excluding hydrogens is 200 g/mol. The van der Waals surface area contributed by atoms with Crippen LogP contribution in [0.3, 0.4) is 0 Å². The van der Waals surface area contributed by atoms with Gasteiger partial charge in [0.1, 0.15) is 12.0 Å². The van der Waals surface area contributed by atoms with Crippen molar-refractivity contribution in [3.8, 4) is 5.75 Å². The summed E-state index contributed by atoms with van der Waals surface area (Å²) < 4.78 is 5.50. The van der Waals surface area contributed by atoms with Crippen molar-refractivity contribution in [1.82, 2.24) is 0 Å². The van der Waals surface area contributed by atoms with E-state index >= 15 is 0 Å². The number of ether oxygens (including phenoxy) is 1. The summed E-state index contributed by atoms with van der Waals surface area (Å²) in [5.41, 5.74) is 3.58. The van der Waals surface area contributed by atoms with E-state index in [-0.39, 0.29) is 0 Å². The molecule has 0 heterocycles. The van der Waals surface area contributed by atoms with Gasteiger partial charge in [-0.05, 0) is 36.0 Å². The van der Waals surface area contributed by atoms with Gasteiger partial charge in [-0.2, -0.15) is 0 Å². The fraction of sp³-hybridized carbons (Fsp3) is 0.500. The zero-order valence-corrected chi connectivity index (χ0v) is 10.5. The molecule has 0 saturated carbocycles. The van der Waals surface area contributed by atoms with Gasteiger partial charge in [0, 0.05) is 6.42 Å². The summed E-state index contributed by atoms with van der Waals surface area (Å²) in [4.78, 5) is 10.5. The fourth-order valence-electron chi connectivity index (χ4n) is 1.95.